The number of benzene rings is 1. The number of pyridine rings is 1. The van der Waals surface area contributed by atoms with Crippen molar-refractivity contribution in [3.63, 3.8) is 0 Å². The molecule has 0 amide bonds. The first-order chi connectivity index (χ1) is 11.5. The molecule has 0 spiro atoms. The van der Waals surface area contributed by atoms with E-state index in [1.807, 2.05) is 12.1 Å². The molecular weight excluding hydrogens is 315 g/mol. The number of nitrogens with one attached hydrogen (secondary N) is 1. The quantitative estimate of drug-likeness (QED) is 0.907. The molecule has 1 aliphatic rings. The first-order valence-corrected chi connectivity index (χ1v) is 8.03. The van der Waals surface area contributed by atoms with Crippen molar-refractivity contribution in [2.24, 2.45) is 0 Å². The zero-order chi connectivity index (χ0) is 17.0. The molecule has 0 aliphatic carbocycles. The first kappa shape index (κ1) is 16.9. The minimum atomic E-state index is -4.33. The average molecular weight is 335 g/mol. The van der Waals surface area contributed by atoms with E-state index in [1.54, 1.807) is 24.5 Å². The highest BCUT2D eigenvalue weighted by atomic mass is 19.4. The van der Waals surface area contributed by atoms with Crippen LogP contribution in [-0.2, 0) is 19.3 Å². The van der Waals surface area contributed by atoms with E-state index >= 15 is 0 Å². The zero-order valence-electron chi connectivity index (χ0n) is 13.3. The highest BCUT2D eigenvalue weighted by molar-refractivity contribution is 5.29. The van der Waals surface area contributed by atoms with Crippen molar-refractivity contribution in [3.8, 4) is 0 Å². The van der Waals surface area contributed by atoms with Crippen LogP contribution < -0.4 is 5.32 Å². The Morgan fingerprint density at radius 2 is 1.96 bits per heavy atom. The summed E-state index contributed by atoms with van der Waals surface area (Å²) < 4.78 is 39.8. The van der Waals surface area contributed by atoms with Crippen molar-refractivity contribution in [2.45, 2.75) is 31.7 Å². The number of nitrogens with zero attached hydrogens (tertiary/aromatic N) is 2. The van der Waals surface area contributed by atoms with Crippen molar-refractivity contribution in [1.82, 2.24) is 15.2 Å². The molecule has 128 valence electrons. The van der Waals surface area contributed by atoms with E-state index in [4.69, 9.17) is 0 Å². The van der Waals surface area contributed by atoms with Gasteiger partial charge >= 0.3 is 6.18 Å². The van der Waals surface area contributed by atoms with Crippen molar-refractivity contribution in [1.29, 1.82) is 0 Å². The van der Waals surface area contributed by atoms with E-state index < -0.39 is 11.7 Å². The number of hydrogen-bond donors (Lipinski definition) is 1. The van der Waals surface area contributed by atoms with E-state index in [0.29, 0.717) is 12.1 Å². The Hall–Kier alpha value is -1.92. The summed E-state index contributed by atoms with van der Waals surface area (Å²) in [5.41, 5.74) is 0.779. The Bertz CT molecular complexity index is 652. The lowest BCUT2D eigenvalue weighted by Crippen LogP contribution is -2.36. The zero-order valence-corrected chi connectivity index (χ0v) is 13.3. The molecule has 0 unspecified atom stereocenters. The maximum absolute atomic E-state index is 13.3. The average Bonchev–Trinajstić information content (AvgIpc) is 3.09. The van der Waals surface area contributed by atoms with Crippen LogP contribution in [0.5, 0.6) is 0 Å². The van der Waals surface area contributed by atoms with Gasteiger partial charge in [-0.3, -0.25) is 9.88 Å². The highest BCUT2D eigenvalue weighted by Crippen LogP contribution is 2.33. The van der Waals surface area contributed by atoms with E-state index in [1.165, 1.54) is 6.07 Å². The normalized spacial score (nSPS) is 18.2. The van der Waals surface area contributed by atoms with E-state index in [2.05, 4.69) is 15.2 Å². The third-order valence-electron chi connectivity index (χ3n) is 4.36. The fourth-order valence-electron chi connectivity index (χ4n) is 3.14. The van der Waals surface area contributed by atoms with Gasteiger partial charge in [0.15, 0.2) is 0 Å². The maximum atomic E-state index is 13.3. The first-order valence-electron chi connectivity index (χ1n) is 8.03. The summed E-state index contributed by atoms with van der Waals surface area (Å²) in [6, 6.07) is 9.87. The second-order valence-electron chi connectivity index (χ2n) is 6.07. The van der Waals surface area contributed by atoms with Gasteiger partial charge < -0.3 is 5.32 Å². The monoisotopic (exact) mass is 335 g/mol. The van der Waals surface area contributed by atoms with Gasteiger partial charge in [0.1, 0.15) is 0 Å². The summed E-state index contributed by atoms with van der Waals surface area (Å²) in [6.45, 7) is 2.56. The van der Waals surface area contributed by atoms with Gasteiger partial charge in [-0.05, 0) is 36.2 Å². The van der Waals surface area contributed by atoms with Gasteiger partial charge in [-0.1, -0.05) is 24.3 Å². The molecule has 1 saturated heterocycles. The Balaban J connectivity index is 1.84. The Morgan fingerprint density at radius 3 is 2.62 bits per heavy atom. The lowest BCUT2D eigenvalue weighted by Gasteiger charge is -2.29. The smallest absolute Gasteiger partial charge is 0.315 e. The fourth-order valence-corrected chi connectivity index (χ4v) is 3.14. The molecule has 1 aromatic carbocycles. The summed E-state index contributed by atoms with van der Waals surface area (Å²) in [6.07, 6.45) is 0.0773. The van der Waals surface area contributed by atoms with Crippen molar-refractivity contribution >= 4 is 0 Å². The summed E-state index contributed by atoms with van der Waals surface area (Å²) in [5, 5.41) is 3.29. The third kappa shape index (κ3) is 4.13. The second kappa shape index (κ2) is 7.32. The number of hydrogen-bond acceptors (Lipinski definition) is 3. The molecule has 3 rings (SSSR count). The van der Waals surface area contributed by atoms with Crippen LogP contribution in [0.1, 0.15) is 23.1 Å². The van der Waals surface area contributed by atoms with Gasteiger partial charge in [0.05, 0.1) is 5.56 Å². The lowest BCUT2D eigenvalue weighted by molar-refractivity contribution is -0.138. The highest BCUT2D eigenvalue weighted by Gasteiger charge is 2.34. The molecule has 1 fully saturated rings. The molecule has 6 heteroatoms. The molecular formula is C18H20F3N3. The molecule has 1 atom stereocenters. The minimum Gasteiger partial charge on any atom is -0.315 e. The number of halogens is 3. The van der Waals surface area contributed by atoms with Crippen molar-refractivity contribution in [2.75, 3.05) is 13.1 Å². The van der Waals surface area contributed by atoms with Crippen LogP contribution in [0.3, 0.4) is 0 Å². The van der Waals surface area contributed by atoms with Gasteiger partial charge in [-0.25, -0.2) is 0 Å². The van der Waals surface area contributed by atoms with Crippen molar-refractivity contribution in [3.05, 3.63) is 65.5 Å². The molecule has 3 nitrogen and oxygen atoms in total. The summed E-state index contributed by atoms with van der Waals surface area (Å²) in [7, 11) is 0. The van der Waals surface area contributed by atoms with Gasteiger partial charge in [0.25, 0.3) is 0 Å². The number of aromatic nitrogens is 1. The molecule has 0 saturated carbocycles. The van der Waals surface area contributed by atoms with Gasteiger partial charge in [0.2, 0.25) is 0 Å². The van der Waals surface area contributed by atoms with E-state index in [9.17, 15) is 13.2 Å². The molecule has 1 N–H and O–H groups in total. The fraction of sp³-hybridized carbons (Fsp3) is 0.389. The predicted octanol–water partition coefficient (Wildman–Crippen LogP) is 3.46. The second-order valence-corrected chi connectivity index (χ2v) is 6.07. The SMILES string of the molecule is FC(F)(F)c1ccccc1CN(Cc1cccnc1)[C@H]1CCNC1. The van der Waals surface area contributed by atoms with Crippen LogP contribution in [0.4, 0.5) is 13.2 Å². The summed E-state index contributed by atoms with van der Waals surface area (Å²) in [4.78, 5) is 6.22. The minimum absolute atomic E-state index is 0.228. The lowest BCUT2D eigenvalue weighted by atomic mass is 10.0. The largest absolute Gasteiger partial charge is 0.416 e. The van der Waals surface area contributed by atoms with E-state index in [-0.39, 0.29) is 12.6 Å². The van der Waals surface area contributed by atoms with Crippen LogP contribution >= 0.6 is 0 Å². The standard InChI is InChI=1S/C18H20F3N3/c19-18(20,21)17-6-2-1-5-15(17)13-24(16-7-9-23-11-16)12-14-4-3-8-22-10-14/h1-6,8,10,16,23H,7,9,11-13H2/t16-/m0/s1. The maximum Gasteiger partial charge on any atom is 0.416 e. The van der Waals surface area contributed by atoms with Crippen LogP contribution in [-0.4, -0.2) is 29.0 Å². The van der Waals surface area contributed by atoms with Crippen LogP contribution in [0.15, 0.2) is 48.8 Å². The molecule has 24 heavy (non-hydrogen) atoms. The van der Waals surface area contributed by atoms with E-state index in [0.717, 1.165) is 31.1 Å². The molecule has 1 aliphatic heterocycles. The molecule has 2 heterocycles. The van der Waals surface area contributed by atoms with Gasteiger partial charge in [-0.15, -0.1) is 0 Å². The third-order valence-corrected chi connectivity index (χ3v) is 4.36. The predicted molar refractivity (Wildman–Crippen MR) is 86.2 cm³/mol. The molecule has 2 aromatic rings. The summed E-state index contributed by atoms with van der Waals surface area (Å²) >= 11 is 0. The van der Waals surface area contributed by atoms with Crippen molar-refractivity contribution < 1.29 is 13.2 Å². The topological polar surface area (TPSA) is 28.2 Å². The summed E-state index contributed by atoms with van der Waals surface area (Å²) in [5.74, 6) is 0. The molecule has 0 bridgehead atoms. The molecule has 0 radical (unpaired) electrons. The van der Waals surface area contributed by atoms with Gasteiger partial charge in [0, 0.05) is 38.1 Å². The molecule has 1 aromatic heterocycles. The Morgan fingerprint density at radius 1 is 1.12 bits per heavy atom. The Labute approximate surface area is 139 Å². The number of rotatable bonds is 5. The Kier molecular flexibility index (Phi) is 5.16. The number of alkyl halides is 3. The van der Waals surface area contributed by atoms with Gasteiger partial charge in [-0.2, -0.15) is 13.2 Å². The van der Waals surface area contributed by atoms with Crippen LogP contribution in [0.25, 0.3) is 0 Å². The van der Waals surface area contributed by atoms with Crippen LogP contribution in [0, 0.1) is 0 Å². The van der Waals surface area contributed by atoms with Crippen LogP contribution in [0.2, 0.25) is 0 Å².